The Hall–Kier alpha value is -2.03. The molecule has 0 aliphatic carbocycles. The monoisotopic (exact) mass is 304 g/mol. The van der Waals surface area contributed by atoms with Crippen LogP contribution in [0.15, 0.2) is 29.7 Å². The van der Waals surface area contributed by atoms with Crippen LogP contribution in [-0.2, 0) is 9.84 Å². The van der Waals surface area contributed by atoms with Crippen LogP contribution in [-0.4, -0.2) is 25.1 Å². The van der Waals surface area contributed by atoms with E-state index in [1.807, 2.05) is 0 Å². The van der Waals surface area contributed by atoms with Crippen molar-refractivity contribution in [1.82, 2.24) is 0 Å². The summed E-state index contributed by atoms with van der Waals surface area (Å²) in [5.41, 5.74) is -0.991. The maximum Gasteiger partial charge on any atom is 0.270 e. The van der Waals surface area contributed by atoms with Gasteiger partial charge in [-0.15, -0.1) is 0 Å². The van der Waals surface area contributed by atoms with Gasteiger partial charge in [0.2, 0.25) is 0 Å². The molecule has 1 heterocycles. The fourth-order valence-corrected chi connectivity index (χ4v) is 3.08. The van der Waals surface area contributed by atoms with Crippen molar-refractivity contribution in [2.75, 3.05) is 11.1 Å². The highest BCUT2D eigenvalue weighted by Crippen LogP contribution is 2.31. The minimum absolute atomic E-state index is 0.0163. The summed E-state index contributed by atoms with van der Waals surface area (Å²) in [6.45, 7) is 0. The van der Waals surface area contributed by atoms with Crippen LogP contribution in [0.4, 0.5) is 20.2 Å². The third kappa shape index (κ3) is 3.10. The summed E-state index contributed by atoms with van der Waals surface area (Å²) >= 11 is 0. The van der Waals surface area contributed by atoms with Crippen LogP contribution in [0.2, 0.25) is 0 Å². The van der Waals surface area contributed by atoms with Gasteiger partial charge in [-0.3, -0.25) is 10.1 Å². The lowest BCUT2D eigenvalue weighted by atomic mass is 10.1. The van der Waals surface area contributed by atoms with E-state index in [0.29, 0.717) is 0 Å². The van der Waals surface area contributed by atoms with Gasteiger partial charge in [-0.1, -0.05) is 6.08 Å². The molecule has 9 heteroatoms. The van der Waals surface area contributed by atoms with Gasteiger partial charge in [0.1, 0.15) is 0 Å². The number of benzene rings is 1. The van der Waals surface area contributed by atoms with E-state index in [0.717, 1.165) is 23.6 Å². The van der Waals surface area contributed by atoms with Gasteiger partial charge < -0.3 is 5.32 Å². The van der Waals surface area contributed by atoms with E-state index in [1.165, 1.54) is 6.08 Å². The summed E-state index contributed by atoms with van der Waals surface area (Å²) in [6.07, 6.45) is -1.55. The molecule has 1 N–H and O–H groups in total. The Kier molecular flexibility index (Phi) is 3.71. The zero-order chi connectivity index (χ0) is 14.9. The van der Waals surface area contributed by atoms with Crippen LogP contribution in [0, 0.1) is 10.1 Å². The summed E-state index contributed by atoms with van der Waals surface area (Å²) in [5, 5.41) is 14.2. The van der Waals surface area contributed by atoms with E-state index in [4.69, 9.17) is 0 Å². The molecule has 0 spiro atoms. The number of sulfone groups is 1. The highest BCUT2D eigenvalue weighted by molar-refractivity contribution is 7.94. The number of halogens is 2. The lowest BCUT2D eigenvalue weighted by molar-refractivity contribution is -0.385. The number of hydrogen-bond donors (Lipinski definition) is 1. The molecule has 0 saturated heterocycles. The average Bonchev–Trinajstić information content (AvgIpc) is 2.68. The normalized spacial score (nSPS) is 20.2. The number of anilines is 1. The second-order valence-electron chi connectivity index (χ2n) is 4.24. The van der Waals surface area contributed by atoms with E-state index in [2.05, 4.69) is 5.32 Å². The predicted molar refractivity (Wildman–Crippen MR) is 68.4 cm³/mol. The first-order chi connectivity index (χ1) is 9.28. The van der Waals surface area contributed by atoms with Gasteiger partial charge in [0, 0.05) is 28.8 Å². The Morgan fingerprint density at radius 3 is 2.60 bits per heavy atom. The average molecular weight is 304 g/mol. The lowest BCUT2D eigenvalue weighted by Crippen LogP contribution is -2.21. The van der Waals surface area contributed by atoms with Crippen LogP contribution in [0.1, 0.15) is 12.0 Å². The largest absolute Gasteiger partial charge is 0.377 e. The fraction of sp³-hybridized carbons (Fsp3) is 0.273. The minimum Gasteiger partial charge on any atom is -0.377 e. The molecule has 1 aromatic carbocycles. The molecule has 20 heavy (non-hydrogen) atoms. The SMILES string of the molecule is O=[N+]([O-])c1ccc(NC2C=CS(=O)(=O)C2)c(C(F)F)c1. The van der Waals surface area contributed by atoms with Gasteiger partial charge in [0.25, 0.3) is 12.1 Å². The topological polar surface area (TPSA) is 89.3 Å². The van der Waals surface area contributed by atoms with E-state index in [1.54, 1.807) is 0 Å². The van der Waals surface area contributed by atoms with Crippen molar-refractivity contribution in [3.8, 4) is 0 Å². The molecule has 0 saturated carbocycles. The van der Waals surface area contributed by atoms with Gasteiger partial charge in [0.15, 0.2) is 9.84 Å². The Morgan fingerprint density at radius 1 is 1.40 bits per heavy atom. The third-order valence-electron chi connectivity index (χ3n) is 2.75. The summed E-state index contributed by atoms with van der Waals surface area (Å²) in [7, 11) is -3.31. The first kappa shape index (κ1) is 14.4. The predicted octanol–water partition coefficient (Wildman–Crippen LogP) is 2.25. The van der Waals surface area contributed by atoms with E-state index >= 15 is 0 Å². The van der Waals surface area contributed by atoms with Crippen molar-refractivity contribution in [3.63, 3.8) is 0 Å². The van der Waals surface area contributed by atoms with Crippen LogP contribution >= 0.6 is 0 Å². The highest BCUT2D eigenvalue weighted by Gasteiger charge is 2.24. The standard InChI is InChI=1S/C11H10F2N2O4S/c12-11(13)9-5-8(15(16)17)1-2-10(9)14-7-3-4-20(18,19)6-7/h1-5,7,11,14H,6H2. The molecule has 1 aliphatic rings. The molecular formula is C11H10F2N2O4S. The molecule has 0 radical (unpaired) electrons. The number of hydrogen-bond acceptors (Lipinski definition) is 5. The molecule has 0 bridgehead atoms. The molecule has 0 fully saturated rings. The van der Waals surface area contributed by atoms with Crippen LogP contribution in [0.5, 0.6) is 0 Å². The number of nitrogens with zero attached hydrogens (tertiary/aromatic N) is 1. The first-order valence-corrected chi connectivity index (χ1v) is 7.24. The molecule has 1 atom stereocenters. The lowest BCUT2D eigenvalue weighted by Gasteiger charge is -2.15. The third-order valence-corrected chi connectivity index (χ3v) is 4.15. The summed E-state index contributed by atoms with van der Waals surface area (Å²) in [6, 6.07) is 2.39. The fourth-order valence-electron chi connectivity index (χ4n) is 1.84. The molecule has 2 rings (SSSR count). The second kappa shape index (κ2) is 5.16. The molecule has 0 aromatic heterocycles. The Labute approximate surface area is 113 Å². The van der Waals surface area contributed by atoms with Gasteiger partial charge in [-0.25, -0.2) is 17.2 Å². The summed E-state index contributed by atoms with van der Waals surface area (Å²) in [5.74, 6) is -0.229. The van der Waals surface area contributed by atoms with Crippen LogP contribution in [0.25, 0.3) is 0 Å². The van der Waals surface area contributed by atoms with Gasteiger partial charge >= 0.3 is 0 Å². The van der Waals surface area contributed by atoms with E-state index in [-0.39, 0.29) is 11.4 Å². The van der Waals surface area contributed by atoms with Crippen molar-refractivity contribution in [1.29, 1.82) is 0 Å². The zero-order valence-electron chi connectivity index (χ0n) is 9.99. The second-order valence-corrected chi connectivity index (χ2v) is 6.17. The zero-order valence-corrected chi connectivity index (χ0v) is 10.8. The highest BCUT2D eigenvalue weighted by atomic mass is 32.2. The van der Waals surface area contributed by atoms with Crippen LogP contribution in [0.3, 0.4) is 0 Å². The molecular weight excluding hydrogens is 294 g/mol. The molecule has 1 aromatic rings. The molecule has 1 aliphatic heterocycles. The maximum absolute atomic E-state index is 12.9. The molecule has 1 unspecified atom stereocenters. The van der Waals surface area contributed by atoms with Gasteiger partial charge in [-0.05, 0) is 6.07 Å². The number of non-ortho nitro benzene ring substituents is 1. The van der Waals surface area contributed by atoms with Gasteiger partial charge in [0.05, 0.1) is 16.7 Å². The Morgan fingerprint density at radius 2 is 2.10 bits per heavy atom. The number of nitro groups is 1. The summed E-state index contributed by atoms with van der Waals surface area (Å²) < 4.78 is 48.3. The van der Waals surface area contributed by atoms with E-state index < -0.39 is 38.5 Å². The number of nitro benzene ring substituents is 1. The summed E-state index contributed by atoms with van der Waals surface area (Å²) in [4.78, 5) is 9.80. The number of alkyl halides is 2. The van der Waals surface area contributed by atoms with Crippen molar-refractivity contribution in [2.45, 2.75) is 12.5 Å². The van der Waals surface area contributed by atoms with Crippen LogP contribution < -0.4 is 5.32 Å². The van der Waals surface area contributed by atoms with E-state index in [9.17, 15) is 27.3 Å². The number of nitrogens with one attached hydrogen (secondary N) is 1. The quantitative estimate of drug-likeness (QED) is 0.680. The first-order valence-electron chi connectivity index (χ1n) is 5.52. The molecule has 108 valence electrons. The maximum atomic E-state index is 12.9. The molecule has 0 amide bonds. The van der Waals surface area contributed by atoms with Crippen molar-refractivity contribution < 1.29 is 22.1 Å². The Balaban J connectivity index is 2.28. The van der Waals surface area contributed by atoms with Crippen molar-refractivity contribution in [2.24, 2.45) is 0 Å². The van der Waals surface area contributed by atoms with Gasteiger partial charge in [-0.2, -0.15) is 0 Å². The van der Waals surface area contributed by atoms with Crippen molar-refractivity contribution in [3.05, 3.63) is 45.4 Å². The van der Waals surface area contributed by atoms with Crippen molar-refractivity contribution >= 4 is 21.2 Å². The molecule has 6 nitrogen and oxygen atoms in total. The Bertz CT molecular complexity index is 673. The minimum atomic E-state index is -3.31. The number of rotatable bonds is 4. The smallest absolute Gasteiger partial charge is 0.270 e.